The highest BCUT2D eigenvalue weighted by molar-refractivity contribution is 7.89. The van der Waals surface area contributed by atoms with Crippen molar-refractivity contribution in [3.63, 3.8) is 0 Å². The summed E-state index contributed by atoms with van der Waals surface area (Å²) in [7, 11) is -3.50. The summed E-state index contributed by atoms with van der Waals surface area (Å²) in [5.74, 6) is 0. The molecule has 0 aliphatic heterocycles. The van der Waals surface area contributed by atoms with Gasteiger partial charge in [0.05, 0.1) is 11.5 Å². The highest BCUT2D eigenvalue weighted by atomic mass is 32.2. The van der Waals surface area contributed by atoms with E-state index in [9.17, 15) is 8.42 Å². The van der Waals surface area contributed by atoms with Gasteiger partial charge in [-0.3, -0.25) is 0 Å². The van der Waals surface area contributed by atoms with Crippen LogP contribution < -0.4 is 4.72 Å². The summed E-state index contributed by atoms with van der Waals surface area (Å²) in [6, 6.07) is 1.51. The number of rotatable bonds is 5. The van der Waals surface area contributed by atoms with Crippen molar-refractivity contribution in [3.05, 3.63) is 18.0 Å². The Morgan fingerprint density at radius 1 is 1.39 bits per heavy atom. The van der Waals surface area contributed by atoms with Crippen LogP contribution >= 0.6 is 0 Å². The van der Waals surface area contributed by atoms with E-state index in [1.807, 2.05) is 27.7 Å². The van der Waals surface area contributed by atoms with Crippen molar-refractivity contribution in [1.82, 2.24) is 9.29 Å². The normalized spacial score (nSPS) is 12.9. The van der Waals surface area contributed by atoms with E-state index >= 15 is 0 Å². The fraction of sp³-hybridized carbons (Fsp3) is 0.667. The van der Waals surface area contributed by atoms with Gasteiger partial charge in [-0.1, -0.05) is 20.8 Å². The maximum atomic E-state index is 12.1. The summed E-state index contributed by atoms with van der Waals surface area (Å²) in [5.41, 5.74) is 0.494. The standard InChI is InChI=1S/C12H22N2O3S/c1-5-14-7-11(6-10(14)8-15)18(16,17)13-9-12(2,3)4/h6-7,13,15H,5,8-9H2,1-4H3. The molecule has 0 spiro atoms. The molecule has 0 bridgehead atoms. The van der Waals surface area contributed by atoms with Crippen LogP contribution in [-0.2, 0) is 23.2 Å². The van der Waals surface area contributed by atoms with Crippen LogP contribution in [0.2, 0.25) is 0 Å². The molecule has 18 heavy (non-hydrogen) atoms. The van der Waals surface area contributed by atoms with Crippen LogP contribution in [0.25, 0.3) is 0 Å². The Hall–Kier alpha value is -0.850. The van der Waals surface area contributed by atoms with Crippen molar-refractivity contribution in [1.29, 1.82) is 0 Å². The number of hydrogen-bond donors (Lipinski definition) is 2. The van der Waals surface area contributed by atoms with Gasteiger partial charge in [-0.05, 0) is 18.4 Å². The molecule has 0 aromatic carbocycles. The quantitative estimate of drug-likeness (QED) is 0.851. The fourth-order valence-corrected chi connectivity index (χ4v) is 2.84. The predicted octanol–water partition coefficient (Wildman–Crippen LogP) is 1.32. The van der Waals surface area contributed by atoms with Gasteiger partial charge in [0.2, 0.25) is 10.0 Å². The van der Waals surface area contributed by atoms with Gasteiger partial charge in [0.25, 0.3) is 0 Å². The van der Waals surface area contributed by atoms with E-state index < -0.39 is 10.0 Å². The minimum Gasteiger partial charge on any atom is -0.390 e. The Kier molecular flexibility index (Phi) is 4.58. The summed E-state index contributed by atoms with van der Waals surface area (Å²) in [6.07, 6.45) is 1.55. The molecule has 0 unspecified atom stereocenters. The minimum atomic E-state index is -3.50. The maximum absolute atomic E-state index is 12.1. The topological polar surface area (TPSA) is 71.3 Å². The van der Waals surface area contributed by atoms with Gasteiger partial charge in [-0.25, -0.2) is 13.1 Å². The van der Waals surface area contributed by atoms with Gasteiger partial charge in [0.1, 0.15) is 0 Å². The molecule has 0 radical (unpaired) electrons. The molecule has 1 aromatic rings. The highest BCUT2D eigenvalue weighted by Crippen LogP contribution is 2.17. The lowest BCUT2D eigenvalue weighted by molar-refractivity contribution is 0.271. The molecule has 0 aliphatic carbocycles. The number of aliphatic hydroxyl groups excluding tert-OH is 1. The largest absolute Gasteiger partial charge is 0.390 e. The number of nitrogens with one attached hydrogen (secondary N) is 1. The lowest BCUT2D eigenvalue weighted by atomic mass is 9.98. The van der Waals surface area contributed by atoms with Crippen LogP contribution in [0.4, 0.5) is 0 Å². The van der Waals surface area contributed by atoms with Gasteiger partial charge in [-0.15, -0.1) is 0 Å². The summed E-state index contributed by atoms with van der Waals surface area (Å²) < 4.78 is 28.4. The molecular formula is C12H22N2O3S. The number of aliphatic hydroxyl groups is 1. The molecule has 0 aliphatic rings. The first-order valence-electron chi connectivity index (χ1n) is 5.99. The zero-order valence-electron chi connectivity index (χ0n) is 11.4. The van der Waals surface area contributed by atoms with E-state index in [0.717, 1.165) is 0 Å². The monoisotopic (exact) mass is 274 g/mol. The van der Waals surface area contributed by atoms with Gasteiger partial charge < -0.3 is 9.67 Å². The first kappa shape index (κ1) is 15.2. The molecule has 5 nitrogen and oxygen atoms in total. The van der Waals surface area contributed by atoms with Crippen LogP contribution in [0.5, 0.6) is 0 Å². The van der Waals surface area contributed by atoms with Crippen LogP contribution in [0.3, 0.4) is 0 Å². The van der Waals surface area contributed by atoms with Crippen molar-refractivity contribution < 1.29 is 13.5 Å². The SMILES string of the molecule is CCn1cc(S(=O)(=O)NCC(C)(C)C)cc1CO. The van der Waals surface area contributed by atoms with Crippen molar-refractivity contribution >= 4 is 10.0 Å². The number of hydrogen-bond acceptors (Lipinski definition) is 3. The number of aromatic nitrogens is 1. The van der Waals surface area contributed by atoms with E-state index in [1.54, 1.807) is 10.8 Å². The van der Waals surface area contributed by atoms with Crippen molar-refractivity contribution in [2.45, 2.75) is 45.7 Å². The summed E-state index contributed by atoms with van der Waals surface area (Å²) in [4.78, 5) is 0.206. The Morgan fingerprint density at radius 2 is 2.00 bits per heavy atom. The Bertz CT molecular complexity index is 476. The van der Waals surface area contributed by atoms with Crippen molar-refractivity contribution in [2.24, 2.45) is 5.41 Å². The van der Waals surface area contributed by atoms with E-state index in [1.165, 1.54) is 6.07 Å². The predicted molar refractivity (Wildman–Crippen MR) is 70.7 cm³/mol. The van der Waals surface area contributed by atoms with E-state index in [0.29, 0.717) is 18.8 Å². The average molecular weight is 274 g/mol. The molecular weight excluding hydrogens is 252 g/mol. The molecule has 1 heterocycles. The highest BCUT2D eigenvalue weighted by Gasteiger charge is 2.20. The van der Waals surface area contributed by atoms with Crippen molar-refractivity contribution in [3.8, 4) is 0 Å². The lowest BCUT2D eigenvalue weighted by Crippen LogP contribution is -2.32. The summed E-state index contributed by atoms with van der Waals surface area (Å²) in [5, 5.41) is 9.15. The van der Waals surface area contributed by atoms with E-state index in [4.69, 9.17) is 5.11 Å². The third-order valence-corrected chi connectivity index (χ3v) is 3.93. The van der Waals surface area contributed by atoms with Crippen LogP contribution in [0, 0.1) is 5.41 Å². The number of aryl methyl sites for hydroxylation is 1. The molecule has 2 N–H and O–H groups in total. The zero-order valence-corrected chi connectivity index (χ0v) is 12.2. The van der Waals surface area contributed by atoms with E-state index in [-0.39, 0.29) is 16.9 Å². The average Bonchev–Trinajstić information content (AvgIpc) is 2.69. The Morgan fingerprint density at radius 3 is 2.39 bits per heavy atom. The van der Waals surface area contributed by atoms with Gasteiger partial charge in [0.15, 0.2) is 0 Å². The van der Waals surface area contributed by atoms with E-state index in [2.05, 4.69) is 4.72 Å². The maximum Gasteiger partial charge on any atom is 0.242 e. The fourth-order valence-electron chi connectivity index (χ4n) is 1.49. The molecule has 0 amide bonds. The number of nitrogens with zero attached hydrogens (tertiary/aromatic N) is 1. The minimum absolute atomic E-state index is 0.111. The van der Waals surface area contributed by atoms with Crippen LogP contribution in [0.1, 0.15) is 33.4 Å². The molecule has 0 saturated heterocycles. The molecule has 1 aromatic heterocycles. The second kappa shape index (κ2) is 5.42. The third-order valence-electron chi connectivity index (χ3n) is 2.57. The Balaban J connectivity index is 2.95. The van der Waals surface area contributed by atoms with Gasteiger partial charge in [0, 0.05) is 25.0 Å². The molecule has 0 fully saturated rings. The summed E-state index contributed by atoms with van der Waals surface area (Å²) in [6.45, 7) is 8.64. The zero-order chi connectivity index (χ0) is 14.0. The smallest absolute Gasteiger partial charge is 0.242 e. The number of sulfonamides is 1. The van der Waals surface area contributed by atoms with Crippen molar-refractivity contribution in [2.75, 3.05) is 6.54 Å². The Labute approximate surface area is 109 Å². The molecule has 0 saturated carbocycles. The summed E-state index contributed by atoms with van der Waals surface area (Å²) >= 11 is 0. The molecule has 104 valence electrons. The molecule has 6 heteroatoms. The lowest BCUT2D eigenvalue weighted by Gasteiger charge is -2.18. The van der Waals surface area contributed by atoms with Crippen LogP contribution in [0.15, 0.2) is 17.2 Å². The molecule has 1 rings (SSSR count). The first-order chi connectivity index (χ1) is 8.19. The second-order valence-electron chi connectivity index (χ2n) is 5.50. The van der Waals surface area contributed by atoms with Gasteiger partial charge >= 0.3 is 0 Å². The van der Waals surface area contributed by atoms with Gasteiger partial charge in [-0.2, -0.15) is 0 Å². The second-order valence-corrected chi connectivity index (χ2v) is 7.26. The van der Waals surface area contributed by atoms with Crippen LogP contribution in [-0.4, -0.2) is 24.6 Å². The molecule has 0 atom stereocenters. The first-order valence-corrected chi connectivity index (χ1v) is 7.47. The third kappa shape index (κ3) is 3.83.